The molecule has 0 aliphatic heterocycles. The van der Waals surface area contributed by atoms with E-state index in [0.717, 1.165) is 18.9 Å². The third-order valence-corrected chi connectivity index (χ3v) is 2.81. The lowest BCUT2D eigenvalue weighted by Gasteiger charge is -2.20. The number of nitrogens with one attached hydrogen (secondary N) is 1. The van der Waals surface area contributed by atoms with E-state index in [-0.39, 0.29) is 11.4 Å². The Bertz CT molecular complexity index is 382. The molecule has 0 bridgehead atoms. The van der Waals surface area contributed by atoms with Crippen LogP contribution in [0.3, 0.4) is 0 Å². The fourth-order valence-corrected chi connectivity index (χ4v) is 1.68. The maximum absolute atomic E-state index is 13.0. The summed E-state index contributed by atoms with van der Waals surface area (Å²) in [6, 6.07) is 3.66. The molecule has 0 radical (unpaired) electrons. The maximum Gasteiger partial charge on any atom is 0.129 e. The molecule has 17 heavy (non-hydrogen) atoms. The lowest BCUT2D eigenvalue weighted by atomic mass is 10.2. The zero-order chi connectivity index (χ0) is 12.5. The van der Waals surface area contributed by atoms with Gasteiger partial charge in [-0.25, -0.2) is 8.78 Å². The molecule has 1 fully saturated rings. The number of halogens is 2. The molecular weight excluding hydrogens is 224 g/mol. The first kappa shape index (κ1) is 12.3. The Morgan fingerprint density at radius 2 is 1.82 bits per heavy atom. The monoisotopic (exact) mass is 241 g/mol. The van der Waals surface area contributed by atoms with E-state index in [2.05, 4.69) is 19.2 Å². The molecule has 0 saturated heterocycles. The topological polar surface area (TPSA) is 21.3 Å². The van der Waals surface area contributed by atoms with Gasteiger partial charge in [-0.2, -0.15) is 0 Å². The molecule has 1 saturated carbocycles. The van der Waals surface area contributed by atoms with Crippen LogP contribution in [0.5, 0.6) is 5.75 Å². The second-order valence-electron chi connectivity index (χ2n) is 4.93. The Morgan fingerprint density at radius 1 is 1.24 bits per heavy atom. The molecule has 2 nitrogen and oxygen atoms in total. The van der Waals surface area contributed by atoms with Crippen molar-refractivity contribution in [1.82, 2.24) is 5.32 Å². The van der Waals surface area contributed by atoms with Gasteiger partial charge < -0.3 is 10.1 Å². The first-order chi connectivity index (χ1) is 7.99. The van der Waals surface area contributed by atoms with Crippen molar-refractivity contribution in [2.24, 2.45) is 0 Å². The maximum atomic E-state index is 13.0. The van der Waals surface area contributed by atoms with Crippen LogP contribution in [0.4, 0.5) is 8.78 Å². The van der Waals surface area contributed by atoms with Crippen molar-refractivity contribution >= 4 is 0 Å². The number of ether oxygens (including phenoxy) is 1. The number of hydrogen-bond acceptors (Lipinski definition) is 2. The van der Waals surface area contributed by atoms with Gasteiger partial charge in [-0.05, 0) is 12.8 Å². The van der Waals surface area contributed by atoms with Crippen LogP contribution in [-0.4, -0.2) is 18.2 Å². The molecule has 0 aromatic heterocycles. The van der Waals surface area contributed by atoms with Gasteiger partial charge in [0.25, 0.3) is 0 Å². The average molecular weight is 241 g/mol. The van der Waals surface area contributed by atoms with Crippen molar-refractivity contribution in [3.63, 3.8) is 0 Å². The molecule has 2 rings (SSSR count). The van der Waals surface area contributed by atoms with Crippen molar-refractivity contribution < 1.29 is 13.5 Å². The molecule has 1 aliphatic carbocycles. The third-order valence-electron chi connectivity index (χ3n) is 2.81. The highest BCUT2D eigenvalue weighted by Crippen LogP contribution is 2.40. The summed E-state index contributed by atoms with van der Waals surface area (Å²) < 4.78 is 31.7. The van der Waals surface area contributed by atoms with Crippen molar-refractivity contribution in [3.05, 3.63) is 29.8 Å². The molecule has 0 atom stereocenters. The van der Waals surface area contributed by atoms with E-state index < -0.39 is 11.6 Å². The van der Waals surface area contributed by atoms with Crippen molar-refractivity contribution in [3.8, 4) is 5.75 Å². The standard InChI is InChI=1S/C13H17F2NO/c1-9(2)16-8-13(3-4-13)17-12-6-10(14)5-11(15)7-12/h5-7,9,16H,3-4,8H2,1-2H3. The predicted molar refractivity (Wildman–Crippen MR) is 62.1 cm³/mol. The van der Waals surface area contributed by atoms with Crippen LogP contribution in [0.1, 0.15) is 26.7 Å². The van der Waals surface area contributed by atoms with Gasteiger partial charge in [0.2, 0.25) is 0 Å². The Balaban J connectivity index is 2.00. The van der Waals surface area contributed by atoms with Gasteiger partial charge in [0.1, 0.15) is 23.0 Å². The van der Waals surface area contributed by atoms with Crippen LogP contribution >= 0.6 is 0 Å². The van der Waals surface area contributed by atoms with Crippen molar-refractivity contribution in [2.45, 2.75) is 38.3 Å². The molecule has 1 aromatic rings. The van der Waals surface area contributed by atoms with E-state index in [9.17, 15) is 8.78 Å². The lowest BCUT2D eigenvalue weighted by molar-refractivity contribution is 0.171. The smallest absolute Gasteiger partial charge is 0.129 e. The largest absolute Gasteiger partial charge is 0.486 e. The van der Waals surface area contributed by atoms with Gasteiger partial charge in [0, 0.05) is 30.8 Å². The summed E-state index contributed by atoms with van der Waals surface area (Å²) in [4.78, 5) is 0. The highest BCUT2D eigenvalue weighted by atomic mass is 19.1. The zero-order valence-corrected chi connectivity index (χ0v) is 10.1. The summed E-state index contributed by atoms with van der Waals surface area (Å²) in [5.74, 6) is -0.939. The summed E-state index contributed by atoms with van der Waals surface area (Å²) in [5, 5.41) is 3.29. The molecule has 0 heterocycles. The average Bonchev–Trinajstić information content (AvgIpc) is 2.94. The number of hydrogen-bond donors (Lipinski definition) is 1. The zero-order valence-electron chi connectivity index (χ0n) is 10.1. The van der Waals surface area contributed by atoms with Crippen LogP contribution in [0, 0.1) is 11.6 Å². The quantitative estimate of drug-likeness (QED) is 0.855. The SMILES string of the molecule is CC(C)NCC1(Oc2cc(F)cc(F)c2)CC1. The van der Waals surface area contributed by atoms with E-state index >= 15 is 0 Å². The van der Waals surface area contributed by atoms with Crippen LogP contribution in [0.25, 0.3) is 0 Å². The first-order valence-electron chi connectivity index (χ1n) is 5.88. The molecule has 1 aromatic carbocycles. The molecule has 0 spiro atoms. The van der Waals surface area contributed by atoms with Gasteiger partial charge in [-0.1, -0.05) is 13.8 Å². The van der Waals surface area contributed by atoms with Crippen LogP contribution in [0.2, 0.25) is 0 Å². The fraction of sp³-hybridized carbons (Fsp3) is 0.538. The summed E-state index contributed by atoms with van der Waals surface area (Å²) in [5.41, 5.74) is -0.273. The van der Waals surface area contributed by atoms with E-state index in [0.29, 0.717) is 12.6 Å². The fourth-order valence-electron chi connectivity index (χ4n) is 1.68. The second kappa shape index (κ2) is 4.61. The van der Waals surface area contributed by atoms with Crippen LogP contribution in [0.15, 0.2) is 18.2 Å². The Labute approximate surface area is 100.0 Å². The van der Waals surface area contributed by atoms with E-state index in [1.807, 2.05) is 0 Å². The molecule has 1 N–H and O–H groups in total. The highest BCUT2D eigenvalue weighted by Gasteiger charge is 2.45. The second-order valence-corrected chi connectivity index (χ2v) is 4.93. The Kier molecular flexibility index (Phi) is 3.33. The van der Waals surface area contributed by atoms with Gasteiger partial charge in [0.15, 0.2) is 0 Å². The minimum Gasteiger partial charge on any atom is -0.486 e. The van der Waals surface area contributed by atoms with Crippen molar-refractivity contribution in [2.75, 3.05) is 6.54 Å². The molecule has 0 unspecified atom stereocenters. The Morgan fingerprint density at radius 3 is 2.29 bits per heavy atom. The van der Waals surface area contributed by atoms with Crippen LogP contribution in [-0.2, 0) is 0 Å². The van der Waals surface area contributed by atoms with Gasteiger partial charge in [-0.3, -0.25) is 0 Å². The summed E-state index contributed by atoms with van der Waals surface area (Å²) in [6.07, 6.45) is 1.84. The molecule has 94 valence electrons. The normalized spacial score (nSPS) is 17.2. The van der Waals surface area contributed by atoms with Gasteiger partial charge in [0.05, 0.1) is 0 Å². The predicted octanol–water partition coefficient (Wildman–Crippen LogP) is 2.87. The summed E-state index contributed by atoms with van der Waals surface area (Å²) >= 11 is 0. The molecule has 0 amide bonds. The minimum absolute atomic E-state index is 0.269. The first-order valence-corrected chi connectivity index (χ1v) is 5.88. The van der Waals surface area contributed by atoms with Crippen molar-refractivity contribution in [1.29, 1.82) is 0 Å². The number of rotatable bonds is 5. The van der Waals surface area contributed by atoms with E-state index in [4.69, 9.17) is 4.74 Å². The lowest BCUT2D eigenvalue weighted by Crippen LogP contribution is -2.36. The van der Waals surface area contributed by atoms with E-state index in [1.165, 1.54) is 12.1 Å². The van der Waals surface area contributed by atoms with E-state index in [1.54, 1.807) is 0 Å². The minimum atomic E-state index is -0.604. The third kappa shape index (κ3) is 3.40. The Hall–Kier alpha value is -1.16. The van der Waals surface area contributed by atoms with Crippen LogP contribution < -0.4 is 10.1 Å². The highest BCUT2D eigenvalue weighted by molar-refractivity contribution is 5.26. The molecule has 4 heteroatoms. The van der Waals surface area contributed by atoms with Gasteiger partial charge in [-0.15, -0.1) is 0 Å². The summed E-state index contributed by atoms with van der Waals surface area (Å²) in [7, 11) is 0. The molecular formula is C13H17F2NO. The van der Waals surface area contributed by atoms with Gasteiger partial charge >= 0.3 is 0 Å². The summed E-state index contributed by atoms with van der Waals surface area (Å²) in [6.45, 7) is 4.82. The molecule has 1 aliphatic rings. The number of benzene rings is 1.